The highest BCUT2D eigenvalue weighted by molar-refractivity contribution is 9.10. The van der Waals surface area contributed by atoms with Gasteiger partial charge in [0.25, 0.3) is 5.56 Å². The van der Waals surface area contributed by atoms with Crippen molar-refractivity contribution < 1.29 is 4.39 Å². The van der Waals surface area contributed by atoms with Gasteiger partial charge >= 0.3 is 0 Å². The SMILES string of the molecule is Cc1sc2ncn(Cc3ccccc3F)c(=O)c2c1-c1ccc(Br)cc1. The van der Waals surface area contributed by atoms with Crippen LogP contribution >= 0.6 is 27.3 Å². The molecule has 4 aromatic rings. The average Bonchev–Trinajstić information content (AvgIpc) is 2.97. The standard InChI is InChI=1S/C20H14BrFN2OS/c1-12-17(13-6-8-15(21)9-7-13)18-19(26-12)23-11-24(20(18)25)10-14-4-2-3-5-16(14)22/h2-9,11H,10H2,1H3. The molecule has 3 nitrogen and oxygen atoms in total. The van der Waals surface area contributed by atoms with E-state index >= 15 is 0 Å². The number of nitrogens with zero attached hydrogens (tertiary/aromatic N) is 2. The van der Waals surface area contributed by atoms with Crippen molar-refractivity contribution >= 4 is 37.5 Å². The fraction of sp³-hybridized carbons (Fsp3) is 0.100. The molecule has 2 aromatic heterocycles. The van der Waals surface area contributed by atoms with Crippen molar-refractivity contribution in [3.63, 3.8) is 0 Å². The topological polar surface area (TPSA) is 34.9 Å². The molecule has 0 N–H and O–H groups in total. The van der Waals surface area contributed by atoms with Gasteiger partial charge in [-0.1, -0.05) is 46.3 Å². The highest BCUT2D eigenvalue weighted by Gasteiger charge is 2.17. The van der Waals surface area contributed by atoms with Crippen molar-refractivity contribution in [1.29, 1.82) is 0 Å². The van der Waals surface area contributed by atoms with Gasteiger partial charge in [0.05, 0.1) is 18.3 Å². The van der Waals surface area contributed by atoms with Gasteiger partial charge in [-0.25, -0.2) is 9.37 Å². The number of aryl methyl sites for hydroxylation is 1. The molecular weight excluding hydrogens is 415 g/mol. The van der Waals surface area contributed by atoms with E-state index in [1.165, 1.54) is 28.3 Å². The Morgan fingerprint density at radius 2 is 1.88 bits per heavy atom. The van der Waals surface area contributed by atoms with Crippen LogP contribution in [0.3, 0.4) is 0 Å². The smallest absolute Gasteiger partial charge is 0.263 e. The van der Waals surface area contributed by atoms with Crippen LogP contribution < -0.4 is 5.56 Å². The Kier molecular flexibility index (Phi) is 4.46. The first kappa shape index (κ1) is 17.1. The summed E-state index contributed by atoms with van der Waals surface area (Å²) >= 11 is 4.94. The van der Waals surface area contributed by atoms with E-state index in [1.54, 1.807) is 18.2 Å². The lowest BCUT2D eigenvalue weighted by molar-refractivity contribution is 0.595. The first-order chi connectivity index (χ1) is 12.5. The van der Waals surface area contributed by atoms with Crippen molar-refractivity contribution in [2.45, 2.75) is 13.5 Å². The first-order valence-electron chi connectivity index (χ1n) is 8.02. The van der Waals surface area contributed by atoms with E-state index in [1.807, 2.05) is 31.2 Å². The molecule has 6 heteroatoms. The van der Waals surface area contributed by atoms with Crippen molar-refractivity contribution in [3.8, 4) is 11.1 Å². The molecule has 26 heavy (non-hydrogen) atoms. The molecule has 0 radical (unpaired) electrons. The van der Waals surface area contributed by atoms with Gasteiger partial charge in [-0.05, 0) is 30.7 Å². The predicted molar refractivity (Wildman–Crippen MR) is 107 cm³/mol. The Morgan fingerprint density at radius 1 is 1.15 bits per heavy atom. The summed E-state index contributed by atoms with van der Waals surface area (Å²) in [5, 5.41) is 0.591. The Morgan fingerprint density at radius 3 is 2.62 bits per heavy atom. The zero-order valence-electron chi connectivity index (χ0n) is 13.9. The van der Waals surface area contributed by atoms with Gasteiger partial charge in [0.1, 0.15) is 10.6 Å². The van der Waals surface area contributed by atoms with Gasteiger partial charge in [0, 0.05) is 20.5 Å². The normalized spacial score (nSPS) is 11.2. The number of rotatable bonds is 3. The van der Waals surface area contributed by atoms with E-state index in [9.17, 15) is 9.18 Å². The zero-order chi connectivity index (χ0) is 18.3. The molecule has 2 aromatic carbocycles. The maximum Gasteiger partial charge on any atom is 0.263 e. The minimum absolute atomic E-state index is 0.152. The molecule has 0 spiro atoms. The maximum atomic E-state index is 14.0. The number of aromatic nitrogens is 2. The summed E-state index contributed by atoms with van der Waals surface area (Å²) in [4.78, 5) is 19.3. The molecule has 0 aliphatic rings. The lowest BCUT2D eigenvalue weighted by atomic mass is 10.0. The summed E-state index contributed by atoms with van der Waals surface area (Å²) in [5.74, 6) is -0.325. The van der Waals surface area contributed by atoms with Crippen LogP contribution in [0.25, 0.3) is 21.3 Å². The minimum atomic E-state index is -0.325. The van der Waals surface area contributed by atoms with E-state index < -0.39 is 0 Å². The van der Waals surface area contributed by atoms with E-state index in [-0.39, 0.29) is 17.9 Å². The molecule has 0 aliphatic carbocycles. The highest BCUT2D eigenvalue weighted by Crippen LogP contribution is 2.35. The fourth-order valence-electron chi connectivity index (χ4n) is 3.02. The molecule has 0 amide bonds. The summed E-state index contributed by atoms with van der Waals surface area (Å²) in [6.45, 7) is 2.15. The summed E-state index contributed by atoms with van der Waals surface area (Å²) in [7, 11) is 0. The van der Waals surface area contributed by atoms with Crippen LogP contribution in [0.4, 0.5) is 4.39 Å². The fourth-order valence-corrected chi connectivity index (χ4v) is 4.29. The van der Waals surface area contributed by atoms with Gasteiger partial charge in [-0.2, -0.15) is 0 Å². The van der Waals surface area contributed by atoms with Crippen LogP contribution in [0.1, 0.15) is 10.4 Å². The Bertz CT molecular complexity index is 1160. The maximum absolute atomic E-state index is 14.0. The third-order valence-corrected chi connectivity index (χ3v) is 5.83. The van der Waals surface area contributed by atoms with Crippen molar-refractivity contribution in [3.05, 3.63) is 85.9 Å². The van der Waals surface area contributed by atoms with E-state index in [0.29, 0.717) is 15.8 Å². The number of thiophene rings is 1. The quantitative estimate of drug-likeness (QED) is 0.438. The average molecular weight is 429 g/mol. The number of halogens is 2. The molecule has 0 aliphatic heterocycles. The lowest BCUT2D eigenvalue weighted by Crippen LogP contribution is -2.21. The second kappa shape index (κ2) is 6.78. The van der Waals surface area contributed by atoms with Crippen LogP contribution in [0.2, 0.25) is 0 Å². The lowest BCUT2D eigenvalue weighted by Gasteiger charge is -2.08. The molecule has 0 fully saturated rings. The molecule has 0 saturated carbocycles. The van der Waals surface area contributed by atoms with E-state index in [4.69, 9.17) is 0 Å². The highest BCUT2D eigenvalue weighted by atomic mass is 79.9. The minimum Gasteiger partial charge on any atom is -0.294 e. The monoisotopic (exact) mass is 428 g/mol. The predicted octanol–water partition coefficient (Wildman–Crippen LogP) is 5.38. The van der Waals surface area contributed by atoms with Crippen LogP contribution in [0.5, 0.6) is 0 Å². The molecule has 0 atom stereocenters. The molecular formula is C20H14BrFN2OS. The molecule has 0 unspecified atom stereocenters. The van der Waals surface area contributed by atoms with Gasteiger partial charge in [-0.15, -0.1) is 11.3 Å². The third kappa shape index (κ3) is 2.99. The van der Waals surface area contributed by atoms with Gasteiger partial charge in [0.15, 0.2) is 0 Å². The number of benzene rings is 2. The molecule has 0 saturated heterocycles. The van der Waals surface area contributed by atoms with Crippen molar-refractivity contribution in [2.75, 3.05) is 0 Å². The van der Waals surface area contributed by atoms with Gasteiger partial charge in [-0.3, -0.25) is 9.36 Å². The summed E-state index contributed by atoms with van der Waals surface area (Å²) in [6.07, 6.45) is 1.50. The zero-order valence-corrected chi connectivity index (χ0v) is 16.3. The largest absolute Gasteiger partial charge is 0.294 e. The van der Waals surface area contributed by atoms with Crippen molar-refractivity contribution in [2.24, 2.45) is 0 Å². The van der Waals surface area contributed by atoms with Crippen LogP contribution in [-0.2, 0) is 6.54 Å². The summed E-state index contributed by atoms with van der Waals surface area (Å²) in [5.41, 5.74) is 2.19. The molecule has 130 valence electrons. The second-order valence-corrected chi connectivity index (χ2v) is 8.11. The Labute approximate surface area is 161 Å². The Balaban J connectivity index is 1.89. The molecule has 0 bridgehead atoms. The van der Waals surface area contributed by atoms with Gasteiger partial charge < -0.3 is 0 Å². The molecule has 2 heterocycles. The van der Waals surface area contributed by atoms with Gasteiger partial charge in [0.2, 0.25) is 0 Å². The van der Waals surface area contributed by atoms with Crippen molar-refractivity contribution in [1.82, 2.24) is 9.55 Å². The van der Waals surface area contributed by atoms with E-state index in [2.05, 4.69) is 20.9 Å². The third-order valence-electron chi connectivity index (χ3n) is 4.29. The first-order valence-corrected chi connectivity index (χ1v) is 9.63. The molecule has 4 rings (SSSR count). The van der Waals surface area contributed by atoms with Crippen LogP contribution in [-0.4, -0.2) is 9.55 Å². The Hall–Kier alpha value is -2.31. The van der Waals surface area contributed by atoms with Crippen LogP contribution in [0, 0.1) is 12.7 Å². The van der Waals surface area contributed by atoms with E-state index in [0.717, 1.165) is 20.5 Å². The number of hydrogen-bond acceptors (Lipinski definition) is 3. The summed E-state index contributed by atoms with van der Waals surface area (Å²) in [6, 6.07) is 14.3. The number of fused-ring (bicyclic) bond motifs is 1. The number of hydrogen-bond donors (Lipinski definition) is 0. The van der Waals surface area contributed by atoms with Crippen LogP contribution in [0.15, 0.2) is 64.1 Å². The second-order valence-electron chi connectivity index (χ2n) is 5.99. The summed E-state index contributed by atoms with van der Waals surface area (Å²) < 4.78 is 16.4.